The summed E-state index contributed by atoms with van der Waals surface area (Å²) >= 11 is 7.60. The van der Waals surface area contributed by atoms with E-state index in [1.54, 1.807) is 11.3 Å². The lowest BCUT2D eigenvalue weighted by atomic mass is 10.3. The highest BCUT2D eigenvalue weighted by molar-refractivity contribution is 7.07. The van der Waals surface area contributed by atoms with Crippen LogP contribution >= 0.6 is 22.9 Å². The molecular weight excluding hydrogens is 256 g/mol. The first-order valence-corrected chi connectivity index (χ1v) is 6.60. The first-order chi connectivity index (χ1) is 8.16. The van der Waals surface area contributed by atoms with Crippen molar-refractivity contribution in [2.24, 2.45) is 0 Å². The third-order valence-electron chi connectivity index (χ3n) is 2.36. The predicted octanol–water partition coefficient (Wildman–Crippen LogP) is 2.86. The number of aromatic nitrogens is 3. The average Bonchev–Trinajstić information content (AvgIpc) is 2.78. The molecule has 0 radical (unpaired) electrons. The van der Waals surface area contributed by atoms with Crippen LogP contribution in [0.5, 0.6) is 0 Å². The van der Waals surface area contributed by atoms with Crippen LogP contribution in [0, 0.1) is 13.8 Å². The van der Waals surface area contributed by atoms with Crippen molar-refractivity contribution >= 4 is 28.8 Å². The van der Waals surface area contributed by atoms with Crippen LogP contribution in [-0.4, -0.2) is 21.5 Å². The molecule has 0 aliphatic rings. The zero-order valence-corrected chi connectivity index (χ0v) is 11.3. The molecule has 0 aliphatic heterocycles. The first kappa shape index (κ1) is 12.3. The number of halogens is 1. The molecule has 4 nitrogen and oxygen atoms in total. The molecule has 2 rings (SSSR count). The fourth-order valence-electron chi connectivity index (χ4n) is 1.44. The minimum absolute atomic E-state index is 0.508. The summed E-state index contributed by atoms with van der Waals surface area (Å²) in [5.41, 5.74) is 3.82. The van der Waals surface area contributed by atoms with Gasteiger partial charge in [-0.1, -0.05) is 11.6 Å². The molecule has 90 valence electrons. The van der Waals surface area contributed by atoms with E-state index in [1.165, 1.54) is 0 Å². The maximum Gasteiger partial charge on any atom is 0.137 e. The number of hydrogen-bond acceptors (Lipinski definition) is 5. The van der Waals surface area contributed by atoms with E-state index in [0.717, 1.165) is 30.0 Å². The second kappa shape index (κ2) is 5.42. The van der Waals surface area contributed by atoms with Crippen LogP contribution in [0.15, 0.2) is 10.9 Å². The second-order valence-corrected chi connectivity index (χ2v) is 4.77. The van der Waals surface area contributed by atoms with Gasteiger partial charge in [-0.05, 0) is 13.8 Å². The van der Waals surface area contributed by atoms with E-state index in [2.05, 4.69) is 20.3 Å². The topological polar surface area (TPSA) is 50.7 Å². The second-order valence-electron chi connectivity index (χ2n) is 3.69. The molecule has 2 aromatic heterocycles. The summed E-state index contributed by atoms with van der Waals surface area (Å²) < 4.78 is 0. The van der Waals surface area contributed by atoms with Crippen molar-refractivity contribution < 1.29 is 0 Å². The number of rotatable bonds is 4. The van der Waals surface area contributed by atoms with Gasteiger partial charge in [0, 0.05) is 23.9 Å². The first-order valence-electron chi connectivity index (χ1n) is 5.28. The summed E-state index contributed by atoms with van der Waals surface area (Å²) in [6, 6.07) is 0. The van der Waals surface area contributed by atoms with Gasteiger partial charge in [-0.3, -0.25) is 0 Å². The Morgan fingerprint density at radius 3 is 2.88 bits per heavy atom. The Morgan fingerprint density at radius 1 is 1.35 bits per heavy atom. The molecule has 1 N–H and O–H groups in total. The molecule has 0 amide bonds. The molecule has 0 unspecified atom stereocenters. The Balaban J connectivity index is 1.99. The van der Waals surface area contributed by atoms with Gasteiger partial charge in [0.25, 0.3) is 0 Å². The van der Waals surface area contributed by atoms with Gasteiger partial charge in [0.2, 0.25) is 0 Å². The number of anilines is 1. The van der Waals surface area contributed by atoms with Crippen molar-refractivity contribution in [2.75, 3.05) is 11.9 Å². The van der Waals surface area contributed by atoms with E-state index in [1.807, 2.05) is 24.7 Å². The lowest BCUT2D eigenvalue weighted by Crippen LogP contribution is -2.09. The molecule has 0 aliphatic carbocycles. The maximum atomic E-state index is 6.00. The van der Waals surface area contributed by atoms with Gasteiger partial charge in [0.1, 0.15) is 16.8 Å². The summed E-state index contributed by atoms with van der Waals surface area (Å²) in [5.74, 6) is 1.48. The molecule has 0 saturated heterocycles. The Morgan fingerprint density at radius 2 is 2.18 bits per heavy atom. The normalized spacial score (nSPS) is 10.5. The van der Waals surface area contributed by atoms with Gasteiger partial charge in [0.15, 0.2) is 0 Å². The standard InChI is InChI=1S/C11H13ClN4S/c1-7-10(12)15-8(2)16-11(7)13-4-3-9-5-17-6-14-9/h5-6H,3-4H2,1-2H3,(H,13,15,16). The molecule has 2 aromatic rings. The van der Waals surface area contributed by atoms with Gasteiger partial charge in [-0.15, -0.1) is 11.3 Å². The summed E-state index contributed by atoms with van der Waals surface area (Å²) in [6.07, 6.45) is 0.879. The Labute approximate surface area is 109 Å². The van der Waals surface area contributed by atoms with Crippen LogP contribution < -0.4 is 5.32 Å². The number of nitrogens with one attached hydrogen (secondary N) is 1. The third kappa shape index (κ3) is 3.14. The summed E-state index contributed by atoms with van der Waals surface area (Å²) in [5, 5.41) is 5.82. The molecule has 0 fully saturated rings. The van der Waals surface area contributed by atoms with Crippen LogP contribution in [0.2, 0.25) is 5.15 Å². The molecule has 0 bridgehead atoms. The van der Waals surface area contributed by atoms with Gasteiger partial charge < -0.3 is 5.32 Å². The summed E-state index contributed by atoms with van der Waals surface area (Å²) in [4.78, 5) is 12.6. The van der Waals surface area contributed by atoms with Crippen LogP contribution in [0.25, 0.3) is 0 Å². The number of thiazole rings is 1. The van der Waals surface area contributed by atoms with Crippen molar-refractivity contribution in [2.45, 2.75) is 20.3 Å². The van der Waals surface area contributed by atoms with E-state index >= 15 is 0 Å². The van der Waals surface area contributed by atoms with Crippen molar-refractivity contribution in [1.82, 2.24) is 15.0 Å². The lowest BCUT2D eigenvalue weighted by molar-refractivity contribution is 0.947. The average molecular weight is 269 g/mol. The largest absolute Gasteiger partial charge is 0.369 e. The van der Waals surface area contributed by atoms with Crippen molar-refractivity contribution in [3.63, 3.8) is 0 Å². The molecule has 0 saturated carbocycles. The van der Waals surface area contributed by atoms with Gasteiger partial charge in [-0.2, -0.15) is 0 Å². The van der Waals surface area contributed by atoms with Crippen LogP contribution in [0.3, 0.4) is 0 Å². The Bertz CT molecular complexity index is 498. The van der Waals surface area contributed by atoms with Crippen LogP contribution in [-0.2, 0) is 6.42 Å². The Hall–Kier alpha value is -1.20. The SMILES string of the molecule is Cc1nc(Cl)c(C)c(NCCc2cscn2)n1. The Kier molecular flexibility index (Phi) is 3.91. The highest BCUT2D eigenvalue weighted by atomic mass is 35.5. The molecule has 0 aromatic carbocycles. The zero-order valence-electron chi connectivity index (χ0n) is 9.70. The van der Waals surface area contributed by atoms with E-state index in [9.17, 15) is 0 Å². The van der Waals surface area contributed by atoms with E-state index in [0.29, 0.717) is 11.0 Å². The molecule has 0 spiro atoms. The minimum Gasteiger partial charge on any atom is -0.369 e. The highest BCUT2D eigenvalue weighted by Gasteiger charge is 2.06. The maximum absolute atomic E-state index is 6.00. The molecule has 0 atom stereocenters. The van der Waals surface area contributed by atoms with Crippen molar-refractivity contribution in [3.05, 3.63) is 33.1 Å². The fraction of sp³-hybridized carbons (Fsp3) is 0.364. The van der Waals surface area contributed by atoms with Crippen LogP contribution in [0.1, 0.15) is 17.1 Å². The summed E-state index contributed by atoms with van der Waals surface area (Å²) in [6.45, 7) is 4.53. The highest BCUT2D eigenvalue weighted by Crippen LogP contribution is 2.19. The number of nitrogens with zero attached hydrogens (tertiary/aromatic N) is 3. The summed E-state index contributed by atoms with van der Waals surface area (Å²) in [7, 11) is 0. The van der Waals surface area contributed by atoms with Crippen molar-refractivity contribution in [3.8, 4) is 0 Å². The third-order valence-corrected chi connectivity index (χ3v) is 3.36. The van der Waals surface area contributed by atoms with Gasteiger partial charge in [-0.25, -0.2) is 15.0 Å². The molecule has 17 heavy (non-hydrogen) atoms. The van der Waals surface area contributed by atoms with Gasteiger partial charge in [0.05, 0.1) is 11.2 Å². The quantitative estimate of drug-likeness (QED) is 0.867. The number of hydrogen-bond donors (Lipinski definition) is 1. The fourth-order valence-corrected chi connectivity index (χ4v) is 2.24. The lowest BCUT2D eigenvalue weighted by Gasteiger charge is -2.09. The van der Waals surface area contributed by atoms with E-state index in [4.69, 9.17) is 11.6 Å². The van der Waals surface area contributed by atoms with E-state index in [-0.39, 0.29) is 0 Å². The smallest absolute Gasteiger partial charge is 0.137 e. The minimum atomic E-state index is 0.508. The molecular formula is C11H13ClN4S. The van der Waals surface area contributed by atoms with Gasteiger partial charge >= 0.3 is 0 Å². The number of aryl methyl sites for hydroxylation is 1. The van der Waals surface area contributed by atoms with Crippen LogP contribution in [0.4, 0.5) is 5.82 Å². The zero-order chi connectivity index (χ0) is 12.3. The predicted molar refractivity (Wildman–Crippen MR) is 70.8 cm³/mol. The molecule has 6 heteroatoms. The van der Waals surface area contributed by atoms with E-state index < -0.39 is 0 Å². The monoisotopic (exact) mass is 268 g/mol. The van der Waals surface area contributed by atoms with Crippen molar-refractivity contribution in [1.29, 1.82) is 0 Å². The molecule has 2 heterocycles.